The minimum atomic E-state index is -0.0376. The van der Waals surface area contributed by atoms with E-state index in [4.69, 9.17) is 0 Å². The lowest BCUT2D eigenvalue weighted by Gasteiger charge is -2.32. The quantitative estimate of drug-likeness (QED) is 0.913. The van der Waals surface area contributed by atoms with E-state index >= 15 is 0 Å². The second-order valence-corrected chi connectivity index (χ2v) is 5.60. The molecule has 2 aromatic rings. The zero-order valence-electron chi connectivity index (χ0n) is 12.3. The zero-order valence-corrected chi connectivity index (χ0v) is 12.3. The summed E-state index contributed by atoms with van der Waals surface area (Å²) in [5, 5.41) is 7.15. The van der Waals surface area contributed by atoms with Crippen LogP contribution < -0.4 is 0 Å². The number of hydrogen-bond donors (Lipinski definition) is 1. The fraction of sp³-hybridized carbons (Fsp3) is 0.467. The Balaban J connectivity index is 1.75. The van der Waals surface area contributed by atoms with E-state index in [1.807, 2.05) is 24.9 Å². The second kappa shape index (κ2) is 5.63. The van der Waals surface area contributed by atoms with Gasteiger partial charge in [0.15, 0.2) is 0 Å². The fourth-order valence-corrected chi connectivity index (χ4v) is 2.83. The van der Waals surface area contributed by atoms with Crippen LogP contribution in [0.1, 0.15) is 46.2 Å². The van der Waals surface area contributed by atoms with Crippen LogP contribution in [0.25, 0.3) is 0 Å². The number of aryl methyl sites for hydroxylation is 2. The summed E-state index contributed by atoms with van der Waals surface area (Å²) in [5.41, 5.74) is 3.53. The summed E-state index contributed by atoms with van der Waals surface area (Å²) >= 11 is 0. The summed E-state index contributed by atoms with van der Waals surface area (Å²) in [7, 11) is 0. The molecule has 1 saturated heterocycles. The summed E-state index contributed by atoms with van der Waals surface area (Å²) in [6.07, 6.45) is 7.10. The maximum Gasteiger partial charge on any atom is 0.274 e. The zero-order chi connectivity index (χ0) is 14.8. The van der Waals surface area contributed by atoms with Gasteiger partial charge in [-0.3, -0.25) is 14.9 Å². The summed E-state index contributed by atoms with van der Waals surface area (Å²) < 4.78 is 0. The number of nitrogens with one attached hydrogen (secondary N) is 1. The van der Waals surface area contributed by atoms with E-state index in [-0.39, 0.29) is 5.91 Å². The van der Waals surface area contributed by atoms with E-state index in [0.717, 1.165) is 36.3 Å². The summed E-state index contributed by atoms with van der Waals surface area (Å²) in [6, 6.07) is 0. The Morgan fingerprint density at radius 1 is 1.29 bits per heavy atom. The first-order valence-electron chi connectivity index (χ1n) is 7.23. The van der Waals surface area contributed by atoms with Crippen LogP contribution in [0.15, 0.2) is 18.6 Å². The van der Waals surface area contributed by atoms with E-state index in [1.165, 1.54) is 0 Å². The lowest BCUT2D eigenvalue weighted by atomic mass is 9.93. The fourth-order valence-electron chi connectivity index (χ4n) is 2.83. The molecule has 0 radical (unpaired) electrons. The first-order valence-corrected chi connectivity index (χ1v) is 7.23. The van der Waals surface area contributed by atoms with Crippen molar-refractivity contribution in [2.75, 3.05) is 13.1 Å². The molecule has 1 N–H and O–H groups in total. The highest BCUT2D eigenvalue weighted by atomic mass is 16.2. The molecule has 2 aromatic heterocycles. The van der Waals surface area contributed by atoms with Crippen molar-refractivity contribution in [1.82, 2.24) is 25.1 Å². The Hall–Kier alpha value is -2.24. The number of rotatable bonds is 2. The normalized spacial score (nSPS) is 18.8. The topological polar surface area (TPSA) is 74.8 Å². The van der Waals surface area contributed by atoms with Gasteiger partial charge in [0.2, 0.25) is 0 Å². The average molecular weight is 285 g/mol. The van der Waals surface area contributed by atoms with Crippen molar-refractivity contribution < 1.29 is 4.79 Å². The number of likely N-dealkylation sites (tertiary alicyclic amines) is 1. The molecule has 0 aromatic carbocycles. The highest BCUT2D eigenvalue weighted by Crippen LogP contribution is 2.27. The summed E-state index contributed by atoms with van der Waals surface area (Å²) in [5.74, 6) is 0.285. The first kappa shape index (κ1) is 13.7. The average Bonchev–Trinajstić information content (AvgIpc) is 2.94. The van der Waals surface area contributed by atoms with Crippen molar-refractivity contribution in [2.24, 2.45) is 0 Å². The molecule has 0 bridgehead atoms. The Bertz CT molecular complexity index is 634. The summed E-state index contributed by atoms with van der Waals surface area (Å²) in [6.45, 7) is 5.39. The van der Waals surface area contributed by atoms with Gasteiger partial charge in [-0.1, -0.05) is 0 Å². The molecule has 6 heteroatoms. The molecule has 110 valence electrons. The molecule has 1 fully saturated rings. The Morgan fingerprint density at radius 2 is 2.14 bits per heavy atom. The number of nitrogens with zero attached hydrogens (tertiary/aromatic N) is 4. The third-order valence-electron chi connectivity index (χ3n) is 3.98. The van der Waals surface area contributed by atoms with Crippen LogP contribution in [0.2, 0.25) is 0 Å². The van der Waals surface area contributed by atoms with Crippen LogP contribution in [-0.2, 0) is 0 Å². The molecular formula is C15H19N5O. The van der Waals surface area contributed by atoms with E-state index in [9.17, 15) is 4.79 Å². The van der Waals surface area contributed by atoms with E-state index in [1.54, 1.807) is 12.4 Å². The number of aromatic amines is 1. The maximum atomic E-state index is 12.5. The van der Waals surface area contributed by atoms with E-state index in [0.29, 0.717) is 18.2 Å². The van der Waals surface area contributed by atoms with Crippen molar-refractivity contribution in [3.8, 4) is 0 Å². The molecule has 1 atom stereocenters. The summed E-state index contributed by atoms with van der Waals surface area (Å²) in [4.78, 5) is 22.7. The number of hydrogen-bond acceptors (Lipinski definition) is 4. The van der Waals surface area contributed by atoms with Crippen molar-refractivity contribution in [1.29, 1.82) is 0 Å². The lowest BCUT2D eigenvalue weighted by Crippen LogP contribution is -2.39. The van der Waals surface area contributed by atoms with Crippen LogP contribution in [0.5, 0.6) is 0 Å². The highest BCUT2D eigenvalue weighted by Gasteiger charge is 2.27. The second-order valence-electron chi connectivity index (χ2n) is 5.60. The molecule has 0 unspecified atom stereocenters. The molecule has 0 spiro atoms. The first-order chi connectivity index (χ1) is 10.1. The number of amides is 1. The molecule has 3 rings (SSSR count). The molecular weight excluding hydrogens is 266 g/mol. The van der Waals surface area contributed by atoms with E-state index in [2.05, 4.69) is 20.2 Å². The largest absolute Gasteiger partial charge is 0.337 e. The maximum absolute atomic E-state index is 12.5. The molecule has 1 aliphatic rings. The van der Waals surface area contributed by atoms with Gasteiger partial charge in [0, 0.05) is 30.9 Å². The minimum absolute atomic E-state index is 0.0376. The number of carbonyl (C=O) groups is 1. The number of carbonyl (C=O) groups excluding carboxylic acids is 1. The third kappa shape index (κ3) is 2.79. The Labute approximate surface area is 123 Å². The van der Waals surface area contributed by atoms with Gasteiger partial charge in [-0.15, -0.1) is 0 Å². The van der Waals surface area contributed by atoms with Crippen LogP contribution in [0.4, 0.5) is 0 Å². The van der Waals surface area contributed by atoms with Crippen molar-refractivity contribution >= 4 is 5.91 Å². The van der Waals surface area contributed by atoms with Gasteiger partial charge in [0.25, 0.3) is 5.91 Å². The van der Waals surface area contributed by atoms with Gasteiger partial charge >= 0.3 is 0 Å². The molecule has 0 aliphatic carbocycles. The third-order valence-corrected chi connectivity index (χ3v) is 3.98. The Morgan fingerprint density at radius 3 is 2.81 bits per heavy atom. The molecule has 1 aliphatic heterocycles. The van der Waals surface area contributed by atoms with Crippen LogP contribution >= 0.6 is 0 Å². The number of piperidine rings is 1. The number of aromatic nitrogens is 4. The molecule has 0 saturated carbocycles. The predicted octanol–water partition coefficient (Wildman–Crippen LogP) is 1.84. The van der Waals surface area contributed by atoms with Gasteiger partial charge in [-0.05, 0) is 32.3 Å². The lowest BCUT2D eigenvalue weighted by molar-refractivity contribution is 0.0699. The highest BCUT2D eigenvalue weighted by molar-refractivity contribution is 5.92. The molecule has 6 nitrogen and oxygen atoms in total. The van der Waals surface area contributed by atoms with Crippen LogP contribution in [0, 0.1) is 13.8 Å². The van der Waals surface area contributed by atoms with Gasteiger partial charge < -0.3 is 4.90 Å². The SMILES string of the molecule is Cc1cnc(C(=O)N2CCC[C@@H](c3[nH]ncc3C)C2)cn1. The van der Waals surface area contributed by atoms with Crippen LogP contribution in [-0.4, -0.2) is 44.1 Å². The Kier molecular flexibility index (Phi) is 3.68. The molecule has 21 heavy (non-hydrogen) atoms. The van der Waals surface area contributed by atoms with Gasteiger partial charge in [-0.2, -0.15) is 5.10 Å². The van der Waals surface area contributed by atoms with Gasteiger partial charge in [0.1, 0.15) is 5.69 Å². The minimum Gasteiger partial charge on any atom is -0.337 e. The van der Waals surface area contributed by atoms with Crippen molar-refractivity contribution in [2.45, 2.75) is 32.6 Å². The smallest absolute Gasteiger partial charge is 0.274 e. The van der Waals surface area contributed by atoms with E-state index < -0.39 is 0 Å². The molecule has 3 heterocycles. The van der Waals surface area contributed by atoms with Gasteiger partial charge in [0.05, 0.1) is 18.1 Å². The van der Waals surface area contributed by atoms with Gasteiger partial charge in [-0.25, -0.2) is 4.98 Å². The number of H-pyrrole nitrogens is 1. The van der Waals surface area contributed by atoms with Crippen molar-refractivity contribution in [3.05, 3.63) is 41.2 Å². The van der Waals surface area contributed by atoms with Crippen molar-refractivity contribution in [3.63, 3.8) is 0 Å². The monoisotopic (exact) mass is 285 g/mol. The standard InChI is InChI=1S/C15H19N5O/c1-10-6-18-19-14(10)12-4-3-5-20(9-12)15(21)13-8-16-11(2)7-17-13/h6-8,12H,3-5,9H2,1-2H3,(H,18,19)/t12-/m1/s1. The molecule has 1 amide bonds. The van der Waals surface area contributed by atoms with Crippen LogP contribution in [0.3, 0.4) is 0 Å². The predicted molar refractivity (Wildman–Crippen MR) is 78.0 cm³/mol.